The molecule has 0 N–H and O–H groups in total. The minimum absolute atomic E-state index is 0.0330. The molecule has 1 aromatic heterocycles. The van der Waals surface area contributed by atoms with Gasteiger partial charge in [-0.2, -0.15) is 0 Å². The maximum atomic E-state index is 4.03. The fourth-order valence-corrected chi connectivity index (χ4v) is 1.40. The predicted molar refractivity (Wildman–Crippen MR) is 51.0 cm³/mol. The Balaban J connectivity index is 2.87. The van der Waals surface area contributed by atoms with Crippen LogP contribution in [0.1, 0.15) is 26.7 Å². The topological polar surface area (TPSA) is 17.8 Å². The Morgan fingerprint density at radius 1 is 1.67 bits per heavy atom. The van der Waals surface area contributed by atoms with Crippen LogP contribution in [0, 0.1) is 0 Å². The van der Waals surface area contributed by atoms with Gasteiger partial charge in [0, 0.05) is 12.4 Å². The first kappa shape index (κ1) is 9.04. The van der Waals surface area contributed by atoms with E-state index in [4.69, 9.17) is 0 Å². The smallest absolute Gasteiger partial charge is 0.0953 e. The summed E-state index contributed by atoms with van der Waals surface area (Å²) in [5.74, 6) is 0. The molecular formula is C10H16N2. The molecule has 2 nitrogen and oxygen atoms in total. The highest BCUT2D eigenvalue weighted by Crippen LogP contribution is 2.22. The lowest BCUT2D eigenvalue weighted by Crippen LogP contribution is -2.25. The third kappa shape index (κ3) is 1.58. The zero-order valence-corrected chi connectivity index (χ0v) is 7.83. The van der Waals surface area contributed by atoms with Crippen molar-refractivity contribution in [2.24, 2.45) is 0 Å². The van der Waals surface area contributed by atoms with Gasteiger partial charge in [-0.1, -0.05) is 19.4 Å². The van der Waals surface area contributed by atoms with E-state index in [1.165, 1.54) is 0 Å². The molecule has 1 atom stereocenters. The molecule has 1 heterocycles. The van der Waals surface area contributed by atoms with E-state index in [1.54, 1.807) is 6.20 Å². The maximum Gasteiger partial charge on any atom is 0.0953 e. The van der Waals surface area contributed by atoms with E-state index in [0.717, 1.165) is 12.8 Å². The number of hydrogen-bond acceptors (Lipinski definition) is 1. The molecule has 2 heteroatoms. The van der Waals surface area contributed by atoms with Gasteiger partial charge >= 0.3 is 0 Å². The first-order valence-electron chi connectivity index (χ1n) is 4.35. The number of hydrogen-bond donors (Lipinski definition) is 0. The molecule has 0 aliphatic rings. The molecule has 0 aliphatic carbocycles. The number of imidazole rings is 1. The van der Waals surface area contributed by atoms with Crippen LogP contribution in [-0.4, -0.2) is 9.55 Å². The summed E-state index contributed by atoms with van der Waals surface area (Å²) in [5.41, 5.74) is 0.0330. The van der Waals surface area contributed by atoms with Gasteiger partial charge in [0.1, 0.15) is 0 Å². The van der Waals surface area contributed by atoms with E-state index in [0.29, 0.717) is 0 Å². The Labute approximate surface area is 73.9 Å². The van der Waals surface area contributed by atoms with E-state index in [-0.39, 0.29) is 5.54 Å². The monoisotopic (exact) mass is 164 g/mol. The molecule has 0 saturated carbocycles. The van der Waals surface area contributed by atoms with Crippen molar-refractivity contribution in [3.63, 3.8) is 0 Å². The van der Waals surface area contributed by atoms with Crippen molar-refractivity contribution < 1.29 is 0 Å². The molecule has 0 aromatic carbocycles. The molecule has 0 fully saturated rings. The SMILES string of the molecule is C=CC(C)(CCC)n1ccnc1. The van der Waals surface area contributed by atoms with Gasteiger partial charge < -0.3 is 4.57 Å². The molecule has 0 spiro atoms. The van der Waals surface area contributed by atoms with Crippen molar-refractivity contribution >= 4 is 0 Å². The Morgan fingerprint density at radius 3 is 2.83 bits per heavy atom. The number of nitrogens with zero attached hydrogens (tertiary/aromatic N) is 2. The second-order valence-corrected chi connectivity index (χ2v) is 3.28. The summed E-state index contributed by atoms with van der Waals surface area (Å²) in [5, 5.41) is 0. The highest BCUT2D eigenvalue weighted by molar-refractivity contribution is 4.99. The molecule has 1 unspecified atom stereocenters. The summed E-state index contributed by atoms with van der Waals surface area (Å²) in [6.45, 7) is 8.21. The minimum Gasteiger partial charge on any atom is -0.328 e. The fourth-order valence-electron chi connectivity index (χ4n) is 1.40. The summed E-state index contributed by atoms with van der Waals surface area (Å²) in [6.07, 6.45) is 9.87. The van der Waals surface area contributed by atoms with Crippen LogP contribution in [0.15, 0.2) is 31.4 Å². The van der Waals surface area contributed by atoms with Crippen LogP contribution in [0.3, 0.4) is 0 Å². The van der Waals surface area contributed by atoms with Crippen LogP contribution in [0.25, 0.3) is 0 Å². The Bertz CT molecular complexity index is 238. The van der Waals surface area contributed by atoms with Gasteiger partial charge in [0.05, 0.1) is 11.9 Å². The zero-order chi connectivity index (χ0) is 9.03. The third-order valence-corrected chi connectivity index (χ3v) is 2.29. The summed E-state index contributed by atoms with van der Waals surface area (Å²) >= 11 is 0. The van der Waals surface area contributed by atoms with Crippen LogP contribution < -0.4 is 0 Å². The van der Waals surface area contributed by atoms with Crippen LogP contribution >= 0.6 is 0 Å². The number of allylic oxidation sites excluding steroid dienone is 1. The van der Waals surface area contributed by atoms with E-state index in [1.807, 2.05) is 18.6 Å². The summed E-state index contributed by atoms with van der Waals surface area (Å²) in [6, 6.07) is 0. The van der Waals surface area contributed by atoms with Crippen LogP contribution in [0.2, 0.25) is 0 Å². The number of rotatable bonds is 4. The van der Waals surface area contributed by atoms with Crippen LogP contribution in [0.4, 0.5) is 0 Å². The van der Waals surface area contributed by atoms with Crippen molar-refractivity contribution in [2.75, 3.05) is 0 Å². The maximum absolute atomic E-state index is 4.03. The standard InChI is InChI=1S/C10H16N2/c1-4-6-10(3,5-2)12-8-7-11-9-12/h5,7-9H,2,4,6H2,1,3H3. The quantitative estimate of drug-likeness (QED) is 0.625. The number of aromatic nitrogens is 2. The van der Waals surface area contributed by atoms with Crippen LogP contribution in [0.5, 0.6) is 0 Å². The van der Waals surface area contributed by atoms with Gasteiger partial charge in [-0.3, -0.25) is 0 Å². The Morgan fingerprint density at radius 2 is 2.42 bits per heavy atom. The third-order valence-electron chi connectivity index (χ3n) is 2.29. The molecule has 0 amide bonds. The first-order chi connectivity index (χ1) is 5.73. The Hall–Kier alpha value is -1.05. The molecule has 1 rings (SSSR count). The van der Waals surface area contributed by atoms with E-state index >= 15 is 0 Å². The average Bonchev–Trinajstić information content (AvgIpc) is 2.57. The summed E-state index contributed by atoms with van der Waals surface area (Å²) < 4.78 is 2.10. The van der Waals surface area contributed by atoms with Crippen molar-refractivity contribution in [3.05, 3.63) is 31.4 Å². The van der Waals surface area contributed by atoms with Crippen molar-refractivity contribution in [2.45, 2.75) is 32.2 Å². The lowest BCUT2D eigenvalue weighted by atomic mass is 9.96. The Kier molecular flexibility index (Phi) is 2.69. The average molecular weight is 164 g/mol. The highest BCUT2D eigenvalue weighted by atomic mass is 15.1. The second-order valence-electron chi connectivity index (χ2n) is 3.28. The van der Waals surface area contributed by atoms with Crippen molar-refractivity contribution in [3.8, 4) is 0 Å². The summed E-state index contributed by atoms with van der Waals surface area (Å²) in [4.78, 5) is 4.03. The minimum atomic E-state index is 0.0330. The van der Waals surface area contributed by atoms with Crippen molar-refractivity contribution in [1.29, 1.82) is 0 Å². The largest absolute Gasteiger partial charge is 0.328 e. The predicted octanol–water partition coefficient (Wildman–Crippen LogP) is 2.58. The van der Waals surface area contributed by atoms with Gasteiger partial charge in [-0.15, -0.1) is 6.58 Å². The molecule has 0 bridgehead atoms. The van der Waals surface area contributed by atoms with Gasteiger partial charge in [0.15, 0.2) is 0 Å². The highest BCUT2D eigenvalue weighted by Gasteiger charge is 2.19. The van der Waals surface area contributed by atoms with Gasteiger partial charge in [0.25, 0.3) is 0 Å². The van der Waals surface area contributed by atoms with E-state index in [2.05, 4.69) is 30.0 Å². The molecule has 0 radical (unpaired) electrons. The molecule has 0 aliphatic heterocycles. The van der Waals surface area contributed by atoms with Crippen LogP contribution in [-0.2, 0) is 5.54 Å². The first-order valence-corrected chi connectivity index (χ1v) is 4.35. The summed E-state index contributed by atoms with van der Waals surface area (Å²) in [7, 11) is 0. The van der Waals surface area contributed by atoms with E-state index < -0.39 is 0 Å². The lowest BCUT2D eigenvalue weighted by Gasteiger charge is -2.26. The normalized spacial score (nSPS) is 15.5. The molecular weight excluding hydrogens is 148 g/mol. The van der Waals surface area contributed by atoms with Gasteiger partial charge in [-0.25, -0.2) is 4.98 Å². The molecule has 1 aromatic rings. The van der Waals surface area contributed by atoms with Gasteiger partial charge in [0.2, 0.25) is 0 Å². The lowest BCUT2D eigenvalue weighted by molar-refractivity contribution is 0.374. The zero-order valence-electron chi connectivity index (χ0n) is 7.83. The molecule has 66 valence electrons. The fraction of sp³-hybridized carbons (Fsp3) is 0.500. The van der Waals surface area contributed by atoms with Gasteiger partial charge in [-0.05, 0) is 13.3 Å². The molecule has 0 saturated heterocycles. The van der Waals surface area contributed by atoms with Crippen molar-refractivity contribution in [1.82, 2.24) is 9.55 Å². The molecule has 12 heavy (non-hydrogen) atoms. The second kappa shape index (κ2) is 3.57. The van der Waals surface area contributed by atoms with E-state index in [9.17, 15) is 0 Å².